The Morgan fingerprint density at radius 2 is 1.96 bits per heavy atom. The Balaban J connectivity index is 1.69. The molecule has 25 heavy (non-hydrogen) atoms. The fourth-order valence-electron chi connectivity index (χ4n) is 2.66. The van der Waals surface area contributed by atoms with E-state index in [0.717, 1.165) is 5.56 Å². The summed E-state index contributed by atoms with van der Waals surface area (Å²) in [5, 5.41) is 2.89. The molecule has 0 aliphatic carbocycles. The van der Waals surface area contributed by atoms with Crippen molar-refractivity contribution in [3.8, 4) is 5.69 Å². The molecule has 3 rings (SSSR count). The van der Waals surface area contributed by atoms with Crippen molar-refractivity contribution < 1.29 is 9.18 Å². The summed E-state index contributed by atoms with van der Waals surface area (Å²) in [6.07, 6.45) is 4.82. The first-order valence-electron chi connectivity index (χ1n) is 8.09. The lowest BCUT2D eigenvalue weighted by atomic mass is 9.84. The minimum Gasteiger partial charge on any atom is -0.351 e. The second kappa shape index (κ2) is 6.89. The second-order valence-electron chi connectivity index (χ2n) is 6.43. The fraction of sp³-hybridized carbons (Fsp3) is 0.200. The molecule has 1 heterocycles. The number of hydrogen-bond acceptors (Lipinski definition) is 2. The maximum absolute atomic E-state index is 14.3. The average molecular weight is 337 g/mol. The van der Waals surface area contributed by atoms with E-state index in [2.05, 4.69) is 10.3 Å². The molecule has 1 aromatic heterocycles. The number of benzene rings is 2. The first-order valence-corrected chi connectivity index (χ1v) is 8.09. The summed E-state index contributed by atoms with van der Waals surface area (Å²) in [7, 11) is 0. The summed E-state index contributed by atoms with van der Waals surface area (Å²) in [4.78, 5) is 16.5. The topological polar surface area (TPSA) is 46.9 Å². The van der Waals surface area contributed by atoms with Crippen LogP contribution in [0.2, 0.25) is 0 Å². The van der Waals surface area contributed by atoms with Gasteiger partial charge >= 0.3 is 0 Å². The third-order valence-electron chi connectivity index (χ3n) is 4.31. The zero-order valence-corrected chi connectivity index (χ0v) is 14.2. The van der Waals surface area contributed by atoms with Crippen molar-refractivity contribution in [3.05, 3.63) is 84.2 Å². The van der Waals surface area contributed by atoms with E-state index in [4.69, 9.17) is 0 Å². The Kier molecular flexibility index (Phi) is 4.65. The minimum atomic E-state index is -0.656. The second-order valence-corrected chi connectivity index (χ2v) is 6.43. The van der Waals surface area contributed by atoms with Gasteiger partial charge in [-0.05, 0) is 37.1 Å². The van der Waals surface area contributed by atoms with Crippen LogP contribution in [0.3, 0.4) is 0 Å². The molecule has 0 bridgehead atoms. The fourth-order valence-corrected chi connectivity index (χ4v) is 2.66. The highest BCUT2D eigenvalue weighted by Gasteiger charge is 2.29. The van der Waals surface area contributed by atoms with Crippen LogP contribution in [0.25, 0.3) is 5.69 Å². The maximum Gasteiger partial charge on any atom is 0.230 e. The molecule has 0 aliphatic heterocycles. The summed E-state index contributed by atoms with van der Waals surface area (Å²) in [6, 6.07) is 14.5. The van der Waals surface area contributed by atoms with Gasteiger partial charge in [0.05, 0.1) is 17.4 Å². The Bertz CT molecular complexity index is 858. The van der Waals surface area contributed by atoms with Crippen LogP contribution < -0.4 is 5.32 Å². The number of imidazole rings is 1. The molecule has 0 saturated heterocycles. The van der Waals surface area contributed by atoms with E-state index < -0.39 is 5.41 Å². The molecule has 1 N–H and O–H groups in total. The maximum atomic E-state index is 14.3. The van der Waals surface area contributed by atoms with Crippen molar-refractivity contribution in [1.82, 2.24) is 14.9 Å². The van der Waals surface area contributed by atoms with Gasteiger partial charge in [-0.15, -0.1) is 0 Å². The molecule has 1 amide bonds. The molecule has 0 unspecified atom stereocenters. The van der Waals surface area contributed by atoms with Crippen molar-refractivity contribution >= 4 is 5.91 Å². The van der Waals surface area contributed by atoms with E-state index in [1.807, 2.05) is 44.2 Å². The lowest BCUT2D eigenvalue weighted by Gasteiger charge is -2.24. The SMILES string of the molecule is CC(C)(C(=O)NCc1ccc(-n2ccnc2)c(F)c1)c1ccccc1. The van der Waals surface area contributed by atoms with Gasteiger partial charge in [0.15, 0.2) is 0 Å². The highest BCUT2D eigenvalue weighted by atomic mass is 19.1. The number of aromatic nitrogens is 2. The molecule has 0 fully saturated rings. The van der Waals surface area contributed by atoms with Gasteiger partial charge in [0.1, 0.15) is 5.82 Å². The summed E-state index contributed by atoms with van der Waals surface area (Å²) in [5.41, 5.74) is 1.42. The van der Waals surface area contributed by atoms with E-state index in [-0.39, 0.29) is 18.3 Å². The quantitative estimate of drug-likeness (QED) is 0.773. The molecule has 0 saturated carbocycles. The monoisotopic (exact) mass is 337 g/mol. The van der Waals surface area contributed by atoms with Gasteiger partial charge in [-0.3, -0.25) is 4.79 Å². The normalized spacial score (nSPS) is 11.3. The van der Waals surface area contributed by atoms with Crippen molar-refractivity contribution in [2.24, 2.45) is 0 Å². The summed E-state index contributed by atoms with van der Waals surface area (Å²) in [5.74, 6) is -0.454. The summed E-state index contributed by atoms with van der Waals surface area (Å²) in [6.45, 7) is 4.02. The number of amides is 1. The first-order chi connectivity index (χ1) is 12.0. The smallest absolute Gasteiger partial charge is 0.230 e. The number of nitrogens with one attached hydrogen (secondary N) is 1. The predicted octanol–water partition coefficient (Wildman–Crippen LogP) is 3.61. The predicted molar refractivity (Wildman–Crippen MR) is 94.8 cm³/mol. The molecule has 128 valence electrons. The Labute approximate surface area is 146 Å². The van der Waals surface area contributed by atoms with E-state index in [1.165, 1.54) is 6.07 Å². The van der Waals surface area contributed by atoms with Crippen molar-refractivity contribution in [2.75, 3.05) is 0 Å². The number of carbonyl (C=O) groups is 1. The number of halogens is 1. The molecule has 5 heteroatoms. The lowest BCUT2D eigenvalue weighted by Crippen LogP contribution is -2.39. The van der Waals surface area contributed by atoms with Gasteiger partial charge in [-0.25, -0.2) is 9.37 Å². The van der Waals surface area contributed by atoms with Crippen molar-refractivity contribution in [3.63, 3.8) is 0 Å². The molecular weight excluding hydrogens is 317 g/mol. The van der Waals surface area contributed by atoms with Crippen LogP contribution >= 0.6 is 0 Å². The van der Waals surface area contributed by atoms with Gasteiger partial charge in [-0.2, -0.15) is 0 Å². The zero-order chi connectivity index (χ0) is 17.9. The van der Waals surface area contributed by atoms with Gasteiger partial charge in [0.25, 0.3) is 0 Å². The van der Waals surface area contributed by atoms with Crippen molar-refractivity contribution in [2.45, 2.75) is 25.8 Å². The Morgan fingerprint density at radius 3 is 2.60 bits per heavy atom. The third-order valence-corrected chi connectivity index (χ3v) is 4.31. The number of carbonyl (C=O) groups excluding carboxylic acids is 1. The van der Waals surface area contributed by atoms with Crippen molar-refractivity contribution in [1.29, 1.82) is 0 Å². The molecule has 2 aromatic carbocycles. The number of nitrogens with zero attached hydrogens (tertiary/aromatic N) is 2. The van der Waals surface area contributed by atoms with E-state index in [9.17, 15) is 9.18 Å². The van der Waals surface area contributed by atoms with Crippen LogP contribution in [0.5, 0.6) is 0 Å². The van der Waals surface area contributed by atoms with Crippen LogP contribution in [0.1, 0.15) is 25.0 Å². The molecule has 0 spiro atoms. The van der Waals surface area contributed by atoms with Gasteiger partial charge < -0.3 is 9.88 Å². The molecular formula is C20H20FN3O. The Hall–Kier alpha value is -2.95. The van der Waals surface area contributed by atoms with Crippen LogP contribution in [0.4, 0.5) is 4.39 Å². The number of hydrogen-bond donors (Lipinski definition) is 1. The molecule has 0 atom stereocenters. The number of rotatable bonds is 5. The van der Waals surface area contributed by atoms with Crippen LogP contribution in [-0.2, 0) is 16.8 Å². The third kappa shape index (κ3) is 3.60. The largest absolute Gasteiger partial charge is 0.351 e. The standard InChI is InChI=1S/C20H20FN3O/c1-20(2,16-6-4-3-5-7-16)19(25)23-13-15-8-9-18(17(21)12-15)24-11-10-22-14-24/h3-12,14H,13H2,1-2H3,(H,23,25). The molecule has 4 nitrogen and oxygen atoms in total. The lowest BCUT2D eigenvalue weighted by molar-refractivity contribution is -0.125. The highest BCUT2D eigenvalue weighted by Crippen LogP contribution is 2.23. The van der Waals surface area contributed by atoms with Crippen LogP contribution in [0.15, 0.2) is 67.3 Å². The molecule has 0 radical (unpaired) electrons. The average Bonchev–Trinajstić information content (AvgIpc) is 3.14. The van der Waals surface area contributed by atoms with Crippen LogP contribution in [-0.4, -0.2) is 15.5 Å². The first kappa shape index (κ1) is 16.9. The van der Waals surface area contributed by atoms with Gasteiger partial charge in [0.2, 0.25) is 5.91 Å². The summed E-state index contributed by atoms with van der Waals surface area (Å²) < 4.78 is 15.9. The van der Waals surface area contributed by atoms with E-state index in [0.29, 0.717) is 11.3 Å². The van der Waals surface area contributed by atoms with E-state index in [1.54, 1.807) is 35.4 Å². The highest BCUT2D eigenvalue weighted by molar-refractivity contribution is 5.87. The van der Waals surface area contributed by atoms with Gasteiger partial charge in [0, 0.05) is 18.9 Å². The minimum absolute atomic E-state index is 0.0993. The van der Waals surface area contributed by atoms with Gasteiger partial charge in [-0.1, -0.05) is 36.4 Å². The molecule has 0 aliphatic rings. The summed E-state index contributed by atoms with van der Waals surface area (Å²) >= 11 is 0. The zero-order valence-electron chi connectivity index (χ0n) is 14.2. The molecule has 3 aromatic rings. The Morgan fingerprint density at radius 1 is 1.20 bits per heavy atom. The van der Waals surface area contributed by atoms with Crippen LogP contribution in [0, 0.1) is 5.82 Å². The van der Waals surface area contributed by atoms with E-state index >= 15 is 0 Å².